The minimum atomic E-state index is -0.968. The molecule has 2 saturated carbocycles. The topological polar surface area (TPSA) is 109 Å². The molecule has 198 valence electrons. The zero-order valence-corrected chi connectivity index (χ0v) is 22.9. The summed E-state index contributed by atoms with van der Waals surface area (Å²) in [5.74, 6) is -0.842. The molecule has 0 spiro atoms. The minimum absolute atomic E-state index is 0.0139. The fourth-order valence-corrected chi connectivity index (χ4v) is 8.76. The number of ketones is 3. The molecule has 0 bridgehead atoms. The lowest BCUT2D eigenvalue weighted by atomic mass is 9.42. The first kappa shape index (κ1) is 27.0. The Kier molecular flexibility index (Phi) is 6.35. The number of aliphatic hydroxyl groups excluding tert-OH is 1. The number of rotatable bonds is 5. The van der Waals surface area contributed by atoms with Crippen LogP contribution in [0.4, 0.5) is 0 Å². The van der Waals surface area contributed by atoms with Gasteiger partial charge in [0.05, 0.1) is 11.5 Å². The summed E-state index contributed by atoms with van der Waals surface area (Å²) in [4.78, 5) is 51.7. The summed E-state index contributed by atoms with van der Waals surface area (Å²) in [5, 5.41) is 20.8. The lowest BCUT2D eigenvalue weighted by Crippen LogP contribution is -2.60. The van der Waals surface area contributed by atoms with Gasteiger partial charge in [0.15, 0.2) is 5.78 Å². The first-order valence-corrected chi connectivity index (χ1v) is 13.5. The molecular formula is C30H42O6. The van der Waals surface area contributed by atoms with Crippen LogP contribution in [0.25, 0.3) is 0 Å². The number of Topliss-reactive ketones (excluding diaryl/α,β-unsaturated/α-hetero) is 3. The number of allylic oxidation sites excluding steroid dienone is 2. The quantitative estimate of drug-likeness (QED) is 0.512. The third kappa shape index (κ3) is 3.46. The first-order valence-electron chi connectivity index (χ1n) is 13.5. The summed E-state index contributed by atoms with van der Waals surface area (Å²) in [7, 11) is 0. The molecule has 2 fully saturated rings. The lowest BCUT2D eigenvalue weighted by Gasteiger charge is -2.60. The van der Waals surface area contributed by atoms with Gasteiger partial charge in [-0.1, -0.05) is 40.7 Å². The molecule has 0 saturated heterocycles. The SMILES string of the molecule is CC(=CCCC(C)C1CC(=O)C2(C)C3=C(C(O)CC12C)C1(C)CCC(=O)C(C)(C)C1CC3=O)C(=O)O. The standard InChI is InChI=1S/C30H42O6/c1-16(9-8-10-17(2)26(35)36)18-13-23(34)30(7)25-19(31)14-21-27(3,4)22(33)11-12-28(21,5)24(25)20(32)15-29(18,30)6/h10,16,18,20-21,32H,8-9,11-15H2,1-7H3,(H,35,36). The second-order valence-corrected chi connectivity index (χ2v) is 13.3. The fourth-order valence-electron chi connectivity index (χ4n) is 8.76. The van der Waals surface area contributed by atoms with Gasteiger partial charge in [-0.25, -0.2) is 4.79 Å². The third-order valence-corrected chi connectivity index (χ3v) is 11.3. The maximum Gasteiger partial charge on any atom is 0.330 e. The molecule has 4 rings (SSSR count). The Morgan fingerprint density at radius 3 is 2.33 bits per heavy atom. The highest BCUT2D eigenvalue weighted by Crippen LogP contribution is 2.70. The molecule has 0 aliphatic heterocycles. The summed E-state index contributed by atoms with van der Waals surface area (Å²) >= 11 is 0. The van der Waals surface area contributed by atoms with Gasteiger partial charge in [-0.3, -0.25) is 14.4 Å². The van der Waals surface area contributed by atoms with Crippen LogP contribution >= 0.6 is 0 Å². The zero-order chi connectivity index (χ0) is 27.0. The van der Waals surface area contributed by atoms with E-state index in [0.717, 1.165) is 12.0 Å². The average molecular weight is 499 g/mol. The Labute approximate surface area is 214 Å². The summed E-state index contributed by atoms with van der Waals surface area (Å²) in [6, 6.07) is 0. The molecule has 0 amide bonds. The molecule has 0 aromatic rings. The van der Waals surface area contributed by atoms with E-state index in [2.05, 4.69) is 20.8 Å². The van der Waals surface area contributed by atoms with Crippen LogP contribution in [0.1, 0.15) is 93.4 Å². The highest BCUT2D eigenvalue weighted by Gasteiger charge is 2.70. The summed E-state index contributed by atoms with van der Waals surface area (Å²) < 4.78 is 0. The minimum Gasteiger partial charge on any atom is -0.478 e. The molecule has 6 nitrogen and oxygen atoms in total. The van der Waals surface area contributed by atoms with Crippen molar-refractivity contribution in [2.45, 2.75) is 99.5 Å². The van der Waals surface area contributed by atoms with E-state index >= 15 is 0 Å². The Morgan fingerprint density at radius 2 is 1.72 bits per heavy atom. The maximum absolute atomic E-state index is 13.9. The van der Waals surface area contributed by atoms with E-state index in [1.165, 1.54) is 0 Å². The second kappa shape index (κ2) is 8.47. The zero-order valence-electron chi connectivity index (χ0n) is 22.9. The lowest BCUT2D eigenvalue weighted by molar-refractivity contribution is -0.146. The maximum atomic E-state index is 13.9. The number of carboxylic acid groups (broad SMARTS) is 1. The molecule has 7 atom stereocenters. The van der Waals surface area contributed by atoms with Crippen LogP contribution in [0.15, 0.2) is 22.8 Å². The smallest absolute Gasteiger partial charge is 0.330 e. The summed E-state index contributed by atoms with van der Waals surface area (Å²) in [5.41, 5.74) is -1.11. The number of carboxylic acids is 1. The van der Waals surface area contributed by atoms with E-state index in [1.54, 1.807) is 13.0 Å². The first-order chi connectivity index (χ1) is 16.5. The predicted molar refractivity (Wildman–Crippen MR) is 136 cm³/mol. The van der Waals surface area contributed by atoms with Crippen molar-refractivity contribution in [3.8, 4) is 0 Å². The van der Waals surface area contributed by atoms with Crippen LogP contribution < -0.4 is 0 Å². The highest BCUT2D eigenvalue weighted by molar-refractivity contribution is 6.08. The van der Waals surface area contributed by atoms with Crippen molar-refractivity contribution in [1.29, 1.82) is 0 Å². The van der Waals surface area contributed by atoms with Crippen LogP contribution in [0.3, 0.4) is 0 Å². The van der Waals surface area contributed by atoms with Gasteiger partial charge in [0.1, 0.15) is 11.6 Å². The molecule has 0 radical (unpaired) electrons. The predicted octanol–water partition coefficient (Wildman–Crippen LogP) is 5.08. The normalized spacial score (nSPS) is 41.1. The second-order valence-electron chi connectivity index (χ2n) is 13.3. The van der Waals surface area contributed by atoms with Gasteiger partial charge in [-0.15, -0.1) is 0 Å². The van der Waals surface area contributed by atoms with E-state index in [4.69, 9.17) is 5.11 Å². The molecule has 6 heteroatoms. The van der Waals surface area contributed by atoms with Gasteiger partial charge in [0.2, 0.25) is 0 Å². The molecule has 4 aliphatic carbocycles. The van der Waals surface area contributed by atoms with E-state index in [1.807, 2.05) is 20.8 Å². The number of carbonyl (C=O) groups is 4. The van der Waals surface area contributed by atoms with Crippen molar-refractivity contribution in [3.63, 3.8) is 0 Å². The molecule has 0 heterocycles. The van der Waals surface area contributed by atoms with Crippen LogP contribution in [0, 0.1) is 39.4 Å². The number of fused-ring (bicyclic) bond motifs is 4. The summed E-state index contributed by atoms with van der Waals surface area (Å²) in [6.07, 6.45) is 4.27. The van der Waals surface area contributed by atoms with Crippen molar-refractivity contribution in [2.75, 3.05) is 0 Å². The number of carbonyl (C=O) groups excluding carboxylic acids is 3. The van der Waals surface area contributed by atoms with Gasteiger partial charge < -0.3 is 10.2 Å². The van der Waals surface area contributed by atoms with Gasteiger partial charge in [-0.05, 0) is 73.7 Å². The van der Waals surface area contributed by atoms with Crippen molar-refractivity contribution in [3.05, 3.63) is 22.8 Å². The average Bonchev–Trinajstić information content (AvgIpc) is 2.99. The molecule has 0 aromatic carbocycles. The van der Waals surface area contributed by atoms with Crippen LogP contribution in [-0.4, -0.2) is 39.6 Å². The molecule has 7 unspecified atom stereocenters. The van der Waals surface area contributed by atoms with Gasteiger partial charge in [0.25, 0.3) is 0 Å². The molecule has 4 aliphatic rings. The number of hydrogen-bond donors (Lipinski definition) is 2. The van der Waals surface area contributed by atoms with Gasteiger partial charge >= 0.3 is 5.97 Å². The Morgan fingerprint density at radius 1 is 1.08 bits per heavy atom. The van der Waals surface area contributed by atoms with Gasteiger partial charge in [0, 0.05) is 35.8 Å². The van der Waals surface area contributed by atoms with Crippen molar-refractivity contribution < 1.29 is 29.4 Å². The van der Waals surface area contributed by atoms with Crippen molar-refractivity contribution in [1.82, 2.24) is 0 Å². The number of aliphatic hydroxyl groups is 1. The Hall–Kier alpha value is -2.08. The van der Waals surface area contributed by atoms with Crippen LogP contribution in [-0.2, 0) is 19.2 Å². The monoisotopic (exact) mass is 498 g/mol. The van der Waals surface area contributed by atoms with Crippen molar-refractivity contribution in [2.24, 2.45) is 39.4 Å². The fraction of sp³-hybridized carbons (Fsp3) is 0.733. The largest absolute Gasteiger partial charge is 0.478 e. The van der Waals surface area contributed by atoms with Crippen LogP contribution in [0.2, 0.25) is 0 Å². The van der Waals surface area contributed by atoms with Crippen molar-refractivity contribution >= 4 is 23.3 Å². The third-order valence-electron chi connectivity index (χ3n) is 11.3. The van der Waals surface area contributed by atoms with E-state index in [9.17, 15) is 24.3 Å². The number of hydrogen-bond acceptors (Lipinski definition) is 5. The van der Waals surface area contributed by atoms with E-state index in [0.29, 0.717) is 43.3 Å². The van der Waals surface area contributed by atoms with Crippen LogP contribution in [0.5, 0.6) is 0 Å². The Bertz CT molecular complexity index is 1090. The molecule has 0 aromatic heterocycles. The molecule has 2 N–H and O–H groups in total. The van der Waals surface area contributed by atoms with E-state index in [-0.39, 0.29) is 41.5 Å². The molecule has 36 heavy (non-hydrogen) atoms. The summed E-state index contributed by atoms with van der Waals surface area (Å²) in [6.45, 7) is 13.6. The number of aliphatic carboxylic acids is 1. The van der Waals surface area contributed by atoms with E-state index < -0.39 is 33.7 Å². The Balaban J connectivity index is 1.76. The molecular weight excluding hydrogens is 456 g/mol. The highest BCUT2D eigenvalue weighted by atomic mass is 16.4. The van der Waals surface area contributed by atoms with Gasteiger partial charge in [-0.2, -0.15) is 0 Å².